The molecule has 0 unspecified atom stereocenters. The number of hydrogen-bond donors (Lipinski definition) is 1. The lowest BCUT2D eigenvalue weighted by molar-refractivity contribution is 0.112. The Labute approximate surface area is 100 Å². The fraction of sp³-hybridized carbons (Fsp3) is 0.545. The summed E-state index contributed by atoms with van der Waals surface area (Å²) in [7, 11) is 0. The quantitative estimate of drug-likeness (QED) is 0.469. The van der Waals surface area contributed by atoms with Crippen molar-refractivity contribution in [1.82, 2.24) is 9.97 Å². The predicted molar refractivity (Wildman–Crippen MR) is 67.1 cm³/mol. The lowest BCUT2D eigenvalue weighted by Crippen LogP contribution is -2.09. The molecule has 0 amide bonds. The van der Waals surface area contributed by atoms with Crippen molar-refractivity contribution in [3.05, 3.63) is 11.8 Å². The van der Waals surface area contributed by atoms with E-state index in [0.717, 1.165) is 19.3 Å². The van der Waals surface area contributed by atoms with Crippen molar-refractivity contribution in [1.29, 1.82) is 0 Å². The Hall–Kier alpha value is -1.10. The van der Waals surface area contributed by atoms with Crippen molar-refractivity contribution in [2.75, 3.05) is 18.1 Å². The molecule has 0 spiro atoms. The first-order valence-electron chi connectivity index (χ1n) is 5.27. The zero-order chi connectivity index (χ0) is 12.0. The molecule has 1 rings (SSSR count). The van der Waals surface area contributed by atoms with Crippen molar-refractivity contribution in [2.45, 2.75) is 25.4 Å². The van der Waals surface area contributed by atoms with Crippen LogP contribution in [0.2, 0.25) is 0 Å². The first-order valence-corrected chi connectivity index (χ1v) is 6.50. The smallest absolute Gasteiger partial charge is 0.189 e. The Kier molecular flexibility index (Phi) is 5.25. The van der Waals surface area contributed by atoms with Gasteiger partial charge >= 0.3 is 0 Å². The first kappa shape index (κ1) is 13.0. The highest BCUT2D eigenvalue weighted by atomic mass is 32.2. The summed E-state index contributed by atoms with van der Waals surface area (Å²) in [5.74, 6) is 1.27. The van der Waals surface area contributed by atoms with Gasteiger partial charge in [-0.3, -0.25) is 4.79 Å². The standard InChI is InChI=1S/C11H17N3OS/c1-8(2)4-5-12-10-9(7-15)6-13-11(14-10)16-3/h6-8H,4-5H2,1-3H3,(H,12,13,14). The largest absolute Gasteiger partial charge is 0.369 e. The van der Waals surface area contributed by atoms with Crippen LogP contribution in [0.3, 0.4) is 0 Å². The number of nitrogens with one attached hydrogen (secondary N) is 1. The Bertz CT molecular complexity index is 355. The molecule has 0 saturated heterocycles. The molecular weight excluding hydrogens is 222 g/mol. The summed E-state index contributed by atoms with van der Waals surface area (Å²) in [6.45, 7) is 5.15. The average molecular weight is 239 g/mol. The maximum absolute atomic E-state index is 10.8. The Morgan fingerprint density at radius 3 is 2.88 bits per heavy atom. The van der Waals surface area contributed by atoms with Gasteiger partial charge < -0.3 is 5.32 Å². The highest BCUT2D eigenvalue weighted by molar-refractivity contribution is 7.98. The van der Waals surface area contributed by atoms with E-state index in [0.29, 0.717) is 22.5 Å². The molecule has 88 valence electrons. The van der Waals surface area contributed by atoms with Gasteiger partial charge in [-0.1, -0.05) is 25.6 Å². The zero-order valence-electron chi connectivity index (χ0n) is 9.86. The van der Waals surface area contributed by atoms with Crippen LogP contribution in [0.4, 0.5) is 5.82 Å². The van der Waals surface area contributed by atoms with Crippen molar-refractivity contribution >= 4 is 23.9 Å². The van der Waals surface area contributed by atoms with E-state index in [1.165, 1.54) is 11.8 Å². The van der Waals surface area contributed by atoms with Crippen LogP contribution in [0, 0.1) is 5.92 Å². The maximum atomic E-state index is 10.8. The minimum atomic E-state index is 0.515. The van der Waals surface area contributed by atoms with Crippen molar-refractivity contribution in [3.63, 3.8) is 0 Å². The molecule has 1 heterocycles. The molecule has 16 heavy (non-hydrogen) atoms. The Balaban J connectivity index is 2.71. The third-order valence-electron chi connectivity index (χ3n) is 2.12. The lowest BCUT2D eigenvalue weighted by atomic mass is 10.1. The molecule has 1 aromatic rings. The molecule has 1 N–H and O–H groups in total. The topological polar surface area (TPSA) is 54.9 Å². The minimum Gasteiger partial charge on any atom is -0.369 e. The number of thioether (sulfide) groups is 1. The molecule has 0 fully saturated rings. The number of aromatic nitrogens is 2. The highest BCUT2D eigenvalue weighted by Gasteiger charge is 2.05. The maximum Gasteiger partial charge on any atom is 0.189 e. The minimum absolute atomic E-state index is 0.515. The van der Waals surface area contributed by atoms with Crippen LogP contribution in [0.1, 0.15) is 30.6 Å². The van der Waals surface area contributed by atoms with Gasteiger partial charge in [0.15, 0.2) is 11.4 Å². The van der Waals surface area contributed by atoms with Crippen LogP contribution < -0.4 is 5.32 Å². The van der Waals surface area contributed by atoms with E-state index in [9.17, 15) is 4.79 Å². The van der Waals surface area contributed by atoms with E-state index in [1.54, 1.807) is 6.20 Å². The summed E-state index contributed by atoms with van der Waals surface area (Å²) in [6.07, 6.45) is 5.30. The summed E-state index contributed by atoms with van der Waals surface area (Å²) in [4.78, 5) is 19.1. The molecule has 0 aliphatic rings. The molecule has 0 aliphatic carbocycles. The van der Waals surface area contributed by atoms with Gasteiger partial charge in [-0.2, -0.15) is 0 Å². The van der Waals surface area contributed by atoms with E-state index in [1.807, 2.05) is 6.26 Å². The second-order valence-electron chi connectivity index (χ2n) is 3.89. The van der Waals surface area contributed by atoms with E-state index < -0.39 is 0 Å². The molecular formula is C11H17N3OS. The first-order chi connectivity index (χ1) is 7.67. The second kappa shape index (κ2) is 6.48. The third-order valence-corrected chi connectivity index (χ3v) is 2.68. The molecule has 0 saturated carbocycles. The van der Waals surface area contributed by atoms with E-state index in [-0.39, 0.29) is 0 Å². The second-order valence-corrected chi connectivity index (χ2v) is 4.66. The van der Waals surface area contributed by atoms with Crippen LogP contribution in [-0.4, -0.2) is 29.1 Å². The van der Waals surface area contributed by atoms with Crippen LogP contribution in [0.15, 0.2) is 11.4 Å². The number of aldehydes is 1. The number of carbonyl (C=O) groups is 1. The Morgan fingerprint density at radius 1 is 1.56 bits per heavy atom. The van der Waals surface area contributed by atoms with Gasteiger partial charge in [0.2, 0.25) is 0 Å². The van der Waals surface area contributed by atoms with Crippen LogP contribution in [0.5, 0.6) is 0 Å². The number of carbonyl (C=O) groups excluding carboxylic acids is 1. The summed E-state index contributed by atoms with van der Waals surface area (Å²) in [6, 6.07) is 0. The molecule has 0 bridgehead atoms. The van der Waals surface area contributed by atoms with Gasteiger partial charge in [-0.25, -0.2) is 9.97 Å². The van der Waals surface area contributed by atoms with Gasteiger partial charge in [0, 0.05) is 12.7 Å². The molecule has 0 atom stereocenters. The zero-order valence-corrected chi connectivity index (χ0v) is 10.7. The number of hydrogen-bond acceptors (Lipinski definition) is 5. The summed E-state index contributed by atoms with van der Waals surface area (Å²) in [5, 5.41) is 3.85. The lowest BCUT2D eigenvalue weighted by Gasteiger charge is -2.09. The van der Waals surface area contributed by atoms with Crippen LogP contribution in [-0.2, 0) is 0 Å². The normalized spacial score (nSPS) is 10.5. The molecule has 5 heteroatoms. The Morgan fingerprint density at radius 2 is 2.31 bits per heavy atom. The number of nitrogens with zero attached hydrogens (tertiary/aromatic N) is 2. The summed E-state index contributed by atoms with van der Waals surface area (Å²) < 4.78 is 0. The monoisotopic (exact) mass is 239 g/mol. The molecule has 1 aromatic heterocycles. The summed E-state index contributed by atoms with van der Waals surface area (Å²) in [5.41, 5.74) is 0.515. The van der Waals surface area contributed by atoms with E-state index in [4.69, 9.17) is 0 Å². The molecule has 0 aliphatic heterocycles. The van der Waals surface area contributed by atoms with Crippen LogP contribution in [0.25, 0.3) is 0 Å². The highest BCUT2D eigenvalue weighted by Crippen LogP contribution is 2.15. The third kappa shape index (κ3) is 3.81. The predicted octanol–water partition coefficient (Wildman–Crippen LogP) is 2.47. The molecule has 0 aromatic carbocycles. The van der Waals surface area contributed by atoms with E-state index >= 15 is 0 Å². The van der Waals surface area contributed by atoms with Gasteiger partial charge in [0.1, 0.15) is 5.82 Å². The van der Waals surface area contributed by atoms with Gasteiger partial charge in [0.25, 0.3) is 0 Å². The van der Waals surface area contributed by atoms with Crippen molar-refractivity contribution < 1.29 is 4.79 Å². The van der Waals surface area contributed by atoms with Crippen molar-refractivity contribution in [2.24, 2.45) is 5.92 Å². The average Bonchev–Trinajstić information content (AvgIpc) is 2.28. The molecule has 0 radical (unpaired) electrons. The van der Waals surface area contributed by atoms with Gasteiger partial charge in [0.05, 0.1) is 5.56 Å². The van der Waals surface area contributed by atoms with Gasteiger partial charge in [-0.05, 0) is 18.6 Å². The number of rotatable bonds is 6. The van der Waals surface area contributed by atoms with Crippen LogP contribution >= 0.6 is 11.8 Å². The summed E-state index contributed by atoms with van der Waals surface area (Å²) >= 11 is 1.46. The van der Waals surface area contributed by atoms with Gasteiger partial charge in [-0.15, -0.1) is 0 Å². The molecule has 4 nitrogen and oxygen atoms in total. The fourth-order valence-corrected chi connectivity index (χ4v) is 1.52. The fourth-order valence-electron chi connectivity index (χ4n) is 1.18. The van der Waals surface area contributed by atoms with E-state index in [2.05, 4.69) is 29.1 Å². The SMILES string of the molecule is CSc1ncc(C=O)c(NCCC(C)C)n1. The van der Waals surface area contributed by atoms with Crippen molar-refractivity contribution in [3.8, 4) is 0 Å². The number of anilines is 1.